The largest absolute Gasteiger partial charge is 0.354 e. The van der Waals surface area contributed by atoms with Gasteiger partial charge in [-0.05, 0) is 57.7 Å². The number of amides is 1. The van der Waals surface area contributed by atoms with Crippen molar-refractivity contribution in [3.63, 3.8) is 0 Å². The van der Waals surface area contributed by atoms with E-state index in [4.69, 9.17) is 0 Å². The molecule has 0 aromatic heterocycles. The first-order valence-corrected chi connectivity index (χ1v) is 8.42. The molecule has 2 aliphatic rings. The number of likely N-dealkylation sites (tertiary alicyclic amines) is 1. The summed E-state index contributed by atoms with van der Waals surface area (Å²) < 4.78 is 0. The van der Waals surface area contributed by atoms with Crippen LogP contribution in [-0.2, 0) is 4.79 Å². The Morgan fingerprint density at radius 3 is 2.70 bits per heavy atom. The molecule has 2 N–H and O–H groups in total. The second-order valence-corrected chi connectivity index (χ2v) is 6.69. The Labute approximate surface area is 123 Å². The number of carbonyl (C=O) groups excluding carboxylic acids is 1. The maximum Gasteiger partial charge on any atom is 0.240 e. The van der Waals surface area contributed by atoms with Crippen LogP contribution in [0.5, 0.6) is 0 Å². The van der Waals surface area contributed by atoms with Gasteiger partial charge >= 0.3 is 0 Å². The van der Waals surface area contributed by atoms with Crippen molar-refractivity contribution in [2.24, 2.45) is 5.92 Å². The molecule has 2 atom stereocenters. The smallest absolute Gasteiger partial charge is 0.240 e. The number of carbonyl (C=O) groups is 1. The fourth-order valence-electron chi connectivity index (χ4n) is 3.66. The molecule has 2 saturated heterocycles. The van der Waals surface area contributed by atoms with Crippen molar-refractivity contribution >= 4 is 5.91 Å². The summed E-state index contributed by atoms with van der Waals surface area (Å²) in [5, 5.41) is 6.64. The van der Waals surface area contributed by atoms with Gasteiger partial charge in [0.15, 0.2) is 0 Å². The van der Waals surface area contributed by atoms with Crippen LogP contribution < -0.4 is 10.6 Å². The van der Waals surface area contributed by atoms with Gasteiger partial charge in [0.1, 0.15) is 0 Å². The lowest BCUT2D eigenvalue weighted by molar-refractivity contribution is -0.127. The van der Waals surface area contributed by atoms with Crippen LogP contribution >= 0.6 is 0 Å². The van der Waals surface area contributed by atoms with Crippen molar-refractivity contribution in [3.05, 3.63) is 0 Å². The summed E-state index contributed by atoms with van der Waals surface area (Å²) in [5.74, 6) is 0.766. The molecule has 0 radical (unpaired) electrons. The number of nitrogens with zero attached hydrogens (tertiary/aromatic N) is 1. The van der Waals surface area contributed by atoms with E-state index in [0.717, 1.165) is 45.3 Å². The average molecular weight is 281 g/mol. The highest BCUT2D eigenvalue weighted by atomic mass is 16.2. The van der Waals surface area contributed by atoms with Gasteiger partial charge < -0.3 is 15.5 Å². The molecule has 20 heavy (non-hydrogen) atoms. The van der Waals surface area contributed by atoms with Gasteiger partial charge in [-0.1, -0.05) is 20.3 Å². The van der Waals surface area contributed by atoms with Crippen molar-refractivity contribution < 1.29 is 4.79 Å². The number of hydrogen-bond acceptors (Lipinski definition) is 3. The van der Waals surface area contributed by atoms with Crippen LogP contribution in [0.1, 0.15) is 52.4 Å². The topological polar surface area (TPSA) is 44.4 Å². The molecule has 116 valence electrons. The molecule has 2 fully saturated rings. The minimum Gasteiger partial charge on any atom is -0.354 e. The third kappa shape index (κ3) is 3.95. The fourth-order valence-corrected chi connectivity index (χ4v) is 3.66. The van der Waals surface area contributed by atoms with E-state index < -0.39 is 0 Å². The Morgan fingerprint density at radius 1 is 1.35 bits per heavy atom. The van der Waals surface area contributed by atoms with E-state index in [-0.39, 0.29) is 11.4 Å². The summed E-state index contributed by atoms with van der Waals surface area (Å²) in [4.78, 5) is 15.0. The number of rotatable bonds is 7. The summed E-state index contributed by atoms with van der Waals surface area (Å²) in [6, 6.07) is 0. The maximum atomic E-state index is 12.5. The SMILES string of the molecule is CCCC1(C(=O)NCC(C)CN2CCCC2)CCCN1. The summed E-state index contributed by atoms with van der Waals surface area (Å²) in [5.41, 5.74) is -0.276. The molecular formula is C16H31N3O. The zero-order valence-corrected chi connectivity index (χ0v) is 13.2. The van der Waals surface area contributed by atoms with Crippen molar-refractivity contribution in [1.82, 2.24) is 15.5 Å². The average Bonchev–Trinajstić information content (AvgIpc) is 3.08. The van der Waals surface area contributed by atoms with E-state index in [9.17, 15) is 4.79 Å². The van der Waals surface area contributed by atoms with E-state index in [1.54, 1.807) is 0 Å². The predicted molar refractivity (Wildman–Crippen MR) is 82.7 cm³/mol. The van der Waals surface area contributed by atoms with Gasteiger partial charge in [-0.2, -0.15) is 0 Å². The van der Waals surface area contributed by atoms with Crippen molar-refractivity contribution in [3.8, 4) is 0 Å². The van der Waals surface area contributed by atoms with E-state index in [0.29, 0.717) is 5.92 Å². The first kappa shape index (κ1) is 15.8. The molecule has 2 heterocycles. The predicted octanol–water partition coefficient (Wildman–Crippen LogP) is 1.76. The Kier molecular flexibility index (Phi) is 5.85. The molecule has 2 rings (SSSR count). The number of hydrogen-bond donors (Lipinski definition) is 2. The van der Waals surface area contributed by atoms with Gasteiger partial charge in [-0.25, -0.2) is 0 Å². The van der Waals surface area contributed by atoms with Crippen LogP contribution in [0.15, 0.2) is 0 Å². The third-order valence-corrected chi connectivity index (χ3v) is 4.73. The van der Waals surface area contributed by atoms with Crippen molar-refractivity contribution in [2.75, 3.05) is 32.7 Å². The van der Waals surface area contributed by atoms with Gasteiger partial charge in [0.25, 0.3) is 0 Å². The molecule has 0 aromatic rings. The zero-order chi connectivity index (χ0) is 14.4. The van der Waals surface area contributed by atoms with Crippen LogP contribution in [-0.4, -0.2) is 49.1 Å². The van der Waals surface area contributed by atoms with E-state index in [1.807, 2.05) is 0 Å². The molecule has 2 unspecified atom stereocenters. The molecule has 2 aliphatic heterocycles. The van der Waals surface area contributed by atoms with Gasteiger partial charge in [0.05, 0.1) is 5.54 Å². The first-order chi connectivity index (χ1) is 9.66. The Hall–Kier alpha value is -0.610. The quantitative estimate of drug-likeness (QED) is 0.747. The van der Waals surface area contributed by atoms with E-state index in [2.05, 4.69) is 29.4 Å². The molecule has 1 amide bonds. The lowest BCUT2D eigenvalue weighted by Gasteiger charge is -2.29. The van der Waals surface area contributed by atoms with Gasteiger partial charge in [0, 0.05) is 13.1 Å². The van der Waals surface area contributed by atoms with Crippen LogP contribution in [0.3, 0.4) is 0 Å². The van der Waals surface area contributed by atoms with Crippen LogP contribution in [0.2, 0.25) is 0 Å². The molecule has 4 heteroatoms. The molecule has 0 saturated carbocycles. The minimum atomic E-state index is -0.276. The van der Waals surface area contributed by atoms with Crippen LogP contribution in [0.4, 0.5) is 0 Å². The minimum absolute atomic E-state index is 0.227. The zero-order valence-electron chi connectivity index (χ0n) is 13.2. The van der Waals surface area contributed by atoms with Gasteiger partial charge in [-0.3, -0.25) is 4.79 Å². The highest BCUT2D eigenvalue weighted by molar-refractivity contribution is 5.86. The summed E-state index contributed by atoms with van der Waals surface area (Å²) in [6.07, 6.45) is 6.80. The van der Waals surface area contributed by atoms with E-state index >= 15 is 0 Å². The molecule has 0 bridgehead atoms. The second kappa shape index (κ2) is 7.41. The molecule has 4 nitrogen and oxygen atoms in total. The Balaban J connectivity index is 1.75. The number of nitrogens with one attached hydrogen (secondary N) is 2. The molecule has 0 aliphatic carbocycles. The first-order valence-electron chi connectivity index (χ1n) is 8.42. The Bertz CT molecular complexity index is 307. The normalized spacial score (nSPS) is 28.7. The second-order valence-electron chi connectivity index (χ2n) is 6.69. The summed E-state index contributed by atoms with van der Waals surface area (Å²) in [6.45, 7) is 9.78. The monoisotopic (exact) mass is 281 g/mol. The van der Waals surface area contributed by atoms with E-state index in [1.165, 1.54) is 25.9 Å². The highest BCUT2D eigenvalue weighted by Crippen LogP contribution is 2.25. The summed E-state index contributed by atoms with van der Waals surface area (Å²) in [7, 11) is 0. The Morgan fingerprint density at radius 2 is 2.10 bits per heavy atom. The lowest BCUT2D eigenvalue weighted by Crippen LogP contribution is -2.54. The maximum absolute atomic E-state index is 12.5. The van der Waals surface area contributed by atoms with Crippen molar-refractivity contribution in [1.29, 1.82) is 0 Å². The molecule has 0 aromatic carbocycles. The summed E-state index contributed by atoms with van der Waals surface area (Å²) >= 11 is 0. The fraction of sp³-hybridized carbons (Fsp3) is 0.938. The van der Waals surface area contributed by atoms with Crippen LogP contribution in [0.25, 0.3) is 0 Å². The van der Waals surface area contributed by atoms with Gasteiger partial charge in [0.2, 0.25) is 5.91 Å². The highest BCUT2D eigenvalue weighted by Gasteiger charge is 2.39. The molecule has 0 spiro atoms. The van der Waals surface area contributed by atoms with Crippen LogP contribution in [0, 0.1) is 5.92 Å². The van der Waals surface area contributed by atoms with Crippen molar-refractivity contribution in [2.45, 2.75) is 57.9 Å². The third-order valence-electron chi connectivity index (χ3n) is 4.73. The van der Waals surface area contributed by atoms with Gasteiger partial charge in [-0.15, -0.1) is 0 Å². The standard InChI is InChI=1S/C16H31N3O/c1-3-7-16(8-6-9-18-16)15(20)17-12-14(2)13-19-10-4-5-11-19/h14,18H,3-13H2,1-2H3,(H,17,20). The lowest BCUT2D eigenvalue weighted by atomic mass is 9.90. The molecular weight excluding hydrogens is 250 g/mol.